The Labute approximate surface area is 98.6 Å². The Morgan fingerprint density at radius 1 is 1.19 bits per heavy atom. The zero-order chi connectivity index (χ0) is 11.6. The van der Waals surface area contributed by atoms with Crippen LogP contribution in [-0.4, -0.2) is 20.3 Å². The van der Waals surface area contributed by atoms with Gasteiger partial charge in [0.2, 0.25) is 0 Å². The lowest BCUT2D eigenvalue weighted by molar-refractivity contribution is -0.149. The van der Waals surface area contributed by atoms with E-state index in [4.69, 9.17) is 5.73 Å². The second-order valence-electron chi connectivity index (χ2n) is 3.47. The molecule has 1 aromatic carbocycles. The highest BCUT2D eigenvalue weighted by atomic mass is 35.5. The summed E-state index contributed by atoms with van der Waals surface area (Å²) >= 11 is 0. The van der Waals surface area contributed by atoms with Gasteiger partial charge in [0, 0.05) is 25.3 Å². The van der Waals surface area contributed by atoms with Crippen molar-refractivity contribution in [2.45, 2.75) is 12.2 Å². The third kappa shape index (κ3) is 3.28. The number of benzene rings is 1. The summed E-state index contributed by atoms with van der Waals surface area (Å²) in [5.41, 5.74) is 5.74. The van der Waals surface area contributed by atoms with Crippen LogP contribution in [0.4, 0.5) is 18.9 Å². The number of para-hydroxylation sites is 1. The maximum atomic E-state index is 12.4. The molecule has 0 aliphatic carbocycles. The Hall–Kier alpha value is -0.940. The highest BCUT2D eigenvalue weighted by Gasteiger charge is 2.39. The predicted molar refractivity (Wildman–Crippen MR) is 61.0 cm³/mol. The van der Waals surface area contributed by atoms with E-state index in [0.717, 1.165) is 0 Å². The van der Waals surface area contributed by atoms with Crippen molar-refractivity contribution in [2.24, 2.45) is 5.73 Å². The lowest BCUT2D eigenvalue weighted by Gasteiger charge is -2.22. The molecule has 6 heteroatoms. The summed E-state index contributed by atoms with van der Waals surface area (Å²) in [7, 11) is 3.36. The number of halogens is 4. The van der Waals surface area contributed by atoms with Gasteiger partial charge in [-0.05, 0) is 6.07 Å². The lowest BCUT2D eigenvalue weighted by atomic mass is 10.0. The number of nitrogens with two attached hydrogens (primary N) is 1. The Kier molecular flexibility index (Phi) is 5.09. The minimum absolute atomic E-state index is 0. The molecule has 0 fully saturated rings. The number of hydrogen-bond donors (Lipinski definition) is 1. The summed E-state index contributed by atoms with van der Waals surface area (Å²) in [5, 5.41) is 0. The number of alkyl halides is 3. The number of rotatable bonds is 2. The predicted octanol–water partition coefficient (Wildman–Crippen LogP) is 2.74. The van der Waals surface area contributed by atoms with Gasteiger partial charge in [-0.15, -0.1) is 12.4 Å². The molecule has 0 aliphatic rings. The summed E-state index contributed by atoms with van der Waals surface area (Å²) < 4.78 is 37.3. The van der Waals surface area contributed by atoms with E-state index in [9.17, 15) is 13.2 Å². The number of nitrogens with zero attached hydrogens (tertiary/aromatic N) is 1. The van der Waals surface area contributed by atoms with Crippen LogP contribution in [0.5, 0.6) is 0 Å². The standard InChI is InChI=1S/C10H13F3N2.ClH/c1-15(2)8-6-4-3-5-7(8)9(14)10(11,12)13;/h3-6,9H,14H2,1-2H3;1H/t9-;/m0./s1. The van der Waals surface area contributed by atoms with Crippen molar-refractivity contribution >= 4 is 18.1 Å². The molecule has 92 valence electrons. The van der Waals surface area contributed by atoms with Crippen LogP contribution in [0.1, 0.15) is 11.6 Å². The average molecular weight is 255 g/mol. The molecule has 2 N–H and O–H groups in total. The molecule has 16 heavy (non-hydrogen) atoms. The fourth-order valence-electron chi connectivity index (χ4n) is 1.33. The fourth-order valence-corrected chi connectivity index (χ4v) is 1.33. The molecule has 1 aromatic rings. The van der Waals surface area contributed by atoms with E-state index < -0.39 is 12.2 Å². The van der Waals surface area contributed by atoms with E-state index in [2.05, 4.69) is 0 Å². The molecule has 0 aromatic heterocycles. The van der Waals surface area contributed by atoms with Crippen molar-refractivity contribution in [1.29, 1.82) is 0 Å². The molecule has 1 atom stereocenters. The lowest BCUT2D eigenvalue weighted by Crippen LogP contribution is -2.30. The van der Waals surface area contributed by atoms with Crippen molar-refractivity contribution in [3.8, 4) is 0 Å². The van der Waals surface area contributed by atoms with Crippen molar-refractivity contribution in [1.82, 2.24) is 0 Å². The topological polar surface area (TPSA) is 29.3 Å². The Morgan fingerprint density at radius 3 is 2.12 bits per heavy atom. The molecular formula is C10H14ClF3N2. The highest BCUT2D eigenvalue weighted by molar-refractivity contribution is 5.85. The first-order chi connectivity index (χ1) is 6.84. The summed E-state index contributed by atoms with van der Waals surface area (Å²) in [4.78, 5) is 1.61. The van der Waals surface area contributed by atoms with Crippen LogP contribution in [0.15, 0.2) is 24.3 Å². The van der Waals surface area contributed by atoms with Gasteiger partial charge in [0.1, 0.15) is 6.04 Å². The second-order valence-corrected chi connectivity index (χ2v) is 3.47. The molecule has 0 amide bonds. The summed E-state index contributed by atoms with van der Waals surface area (Å²) in [6.07, 6.45) is -4.41. The molecule has 0 heterocycles. The van der Waals surface area contributed by atoms with Crippen molar-refractivity contribution in [3.05, 3.63) is 29.8 Å². The Morgan fingerprint density at radius 2 is 1.69 bits per heavy atom. The molecule has 0 spiro atoms. The molecule has 0 bridgehead atoms. The SMILES string of the molecule is CN(C)c1ccccc1[C@H](N)C(F)(F)F.Cl. The van der Waals surface area contributed by atoms with Gasteiger partial charge in [-0.25, -0.2) is 0 Å². The molecular weight excluding hydrogens is 241 g/mol. The minimum atomic E-state index is -4.41. The van der Waals surface area contributed by atoms with Gasteiger partial charge in [-0.3, -0.25) is 0 Å². The first-order valence-electron chi connectivity index (χ1n) is 4.42. The third-order valence-corrected chi connectivity index (χ3v) is 2.11. The van der Waals surface area contributed by atoms with Gasteiger partial charge in [-0.2, -0.15) is 13.2 Å². The monoisotopic (exact) mass is 254 g/mol. The first-order valence-corrected chi connectivity index (χ1v) is 4.42. The van der Waals surface area contributed by atoms with E-state index in [1.54, 1.807) is 37.2 Å². The van der Waals surface area contributed by atoms with Crippen LogP contribution in [0.2, 0.25) is 0 Å². The van der Waals surface area contributed by atoms with E-state index in [1.165, 1.54) is 6.07 Å². The average Bonchev–Trinajstić information content (AvgIpc) is 2.15. The van der Waals surface area contributed by atoms with E-state index in [1.807, 2.05) is 0 Å². The summed E-state index contributed by atoms with van der Waals surface area (Å²) in [6.45, 7) is 0. The largest absolute Gasteiger partial charge is 0.407 e. The van der Waals surface area contributed by atoms with E-state index >= 15 is 0 Å². The summed E-state index contributed by atoms with van der Waals surface area (Å²) in [6, 6.07) is 4.31. The normalized spacial score (nSPS) is 12.9. The van der Waals surface area contributed by atoms with Gasteiger partial charge in [0.15, 0.2) is 0 Å². The Balaban J connectivity index is 0.00000225. The van der Waals surface area contributed by atoms with Crippen LogP contribution in [0, 0.1) is 0 Å². The van der Waals surface area contributed by atoms with Crippen molar-refractivity contribution in [3.63, 3.8) is 0 Å². The van der Waals surface area contributed by atoms with Gasteiger partial charge >= 0.3 is 6.18 Å². The Bertz CT molecular complexity index is 339. The zero-order valence-corrected chi connectivity index (χ0v) is 9.77. The molecule has 0 unspecified atom stereocenters. The van der Waals surface area contributed by atoms with Crippen LogP contribution < -0.4 is 10.6 Å². The molecule has 0 aliphatic heterocycles. The maximum Gasteiger partial charge on any atom is 0.407 e. The number of anilines is 1. The number of hydrogen-bond acceptors (Lipinski definition) is 2. The molecule has 0 radical (unpaired) electrons. The summed E-state index contributed by atoms with van der Waals surface area (Å²) in [5.74, 6) is 0. The van der Waals surface area contributed by atoms with Gasteiger partial charge in [0.25, 0.3) is 0 Å². The third-order valence-electron chi connectivity index (χ3n) is 2.11. The maximum absolute atomic E-state index is 12.4. The highest BCUT2D eigenvalue weighted by Crippen LogP contribution is 2.34. The zero-order valence-electron chi connectivity index (χ0n) is 8.95. The van der Waals surface area contributed by atoms with Gasteiger partial charge in [0.05, 0.1) is 0 Å². The molecule has 0 saturated heterocycles. The second kappa shape index (κ2) is 5.41. The molecule has 1 rings (SSSR count). The molecule has 0 saturated carbocycles. The van der Waals surface area contributed by atoms with Gasteiger partial charge < -0.3 is 10.6 Å². The van der Waals surface area contributed by atoms with Crippen LogP contribution in [0.3, 0.4) is 0 Å². The van der Waals surface area contributed by atoms with E-state index in [-0.39, 0.29) is 18.0 Å². The van der Waals surface area contributed by atoms with Crippen LogP contribution in [0.25, 0.3) is 0 Å². The van der Waals surface area contributed by atoms with Gasteiger partial charge in [-0.1, -0.05) is 18.2 Å². The quantitative estimate of drug-likeness (QED) is 0.879. The van der Waals surface area contributed by atoms with E-state index in [0.29, 0.717) is 5.69 Å². The van der Waals surface area contributed by atoms with Crippen LogP contribution in [-0.2, 0) is 0 Å². The first kappa shape index (κ1) is 15.1. The molecule has 2 nitrogen and oxygen atoms in total. The fraction of sp³-hybridized carbons (Fsp3) is 0.400. The van der Waals surface area contributed by atoms with Crippen molar-refractivity contribution < 1.29 is 13.2 Å². The van der Waals surface area contributed by atoms with Crippen molar-refractivity contribution in [2.75, 3.05) is 19.0 Å². The smallest absolute Gasteiger partial charge is 0.377 e. The van der Waals surface area contributed by atoms with Crippen LogP contribution >= 0.6 is 12.4 Å². The minimum Gasteiger partial charge on any atom is -0.377 e.